The van der Waals surface area contributed by atoms with Crippen molar-refractivity contribution in [1.29, 1.82) is 0 Å². The molecule has 0 saturated heterocycles. The van der Waals surface area contributed by atoms with Gasteiger partial charge in [-0.2, -0.15) is 0 Å². The van der Waals surface area contributed by atoms with Crippen LogP contribution in [0.5, 0.6) is 0 Å². The largest absolute Gasteiger partial charge is 0.504 e. The van der Waals surface area contributed by atoms with Crippen molar-refractivity contribution >= 4 is 0 Å². The van der Waals surface area contributed by atoms with Crippen LogP contribution in [0.15, 0.2) is 23.3 Å². The van der Waals surface area contributed by atoms with Gasteiger partial charge in [-0.05, 0) is 18.9 Å². The van der Waals surface area contributed by atoms with Crippen LogP contribution in [0, 0.1) is 0 Å². The second-order valence-electron chi connectivity index (χ2n) is 2.00. The number of aliphatic hydroxyl groups excluding tert-OH is 2. The Morgan fingerprint density at radius 3 is 2.56 bits per heavy atom. The Labute approximate surface area is 53.1 Å². The summed E-state index contributed by atoms with van der Waals surface area (Å²) < 4.78 is 0. The van der Waals surface area contributed by atoms with E-state index in [0.717, 1.165) is 0 Å². The van der Waals surface area contributed by atoms with Crippen LogP contribution >= 0.6 is 0 Å². The molecule has 1 aliphatic rings. The minimum absolute atomic E-state index is 0.0984. The van der Waals surface area contributed by atoms with E-state index in [4.69, 9.17) is 15.9 Å². The van der Waals surface area contributed by atoms with E-state index < -0.39 is 0 Å². The lowest BCUT2D eigenvalue weighted by molar-refractivity contribution is 0.313. The van der Waals surface area contributed by atoms with Crippen LogP contribution in [0.4, 0.5) is 0 Å². The van der Waals surface area contributed by atoms with Gasteiger partial charge in [0.05, 0.1) is 5.70 Å². The second kappa shape index (κ2) is 2.01. The van der Waals surface area contributed by atoms with Crippen molar-refractivity contribution in [2.24, 2.45) is 5.73 Å². The normalized spacial score (nSPS) is 19.8. The standard InChI is InChI=1S/C6H9NO2/c7-4-2-1-3-5(8)6(4)9/h3,8-9H,1-2,7H2. The minimum Gasteiger partial charge on any atom is -0.504 e. The lowest BCUT2D eigenvalue weighted by Gasteiger charge is -2.08. The zero-order valence-corrected chi connectivity index (χ0v) is 4.96. The molecule has 0 atom stereocenters. The molecule has 0 spiro atoms. The van der Waals surface area contributed by atoms with Crippen LogP contribution in [0.2, 0.25) is 0 Å². The monoisotopic (exact) mass is 127 g/mol. The lowest BCUT2D eigenvalue weighted by atomic mass is 10.1. The molecule has 0 aliphatic heterocycles. The van der Waals surface area contributed by atoms with Gasteiger partial charge in [-0.25, -0.2) is 0 Å². The van der Waals surface area contributed by atoms with Crippen molar-refractivity contribution in [2.75, 3.05) is 0 Å². The van der Waals surface area contributed by atoms with Crippen molar-refractivity contribution in [3.63, 3.8) is 0 Å². The maximum absolute atomic E-state index is 8.88. The van der Waals surface area contributed by atoms with E-state index >= 15 is 0 Å². The topological polar surface area (TPSA) is 66.5 Å². The molecule has 3 heteroatoms. The molecular formula is C6H9NO2. The van der Waals surface area contributed by atoms with E-state index in [9.17, 15) is 0 Å². The Hall–Kier alpha value is -1.12. The summed E-state index contributed by atoms with van der Waals surface area (Å²) in [5.74, 6) is -0.264. The van der Waals surface area contributed by atoms with Crippen molar-refractivity contribution in [3.05, 3.63) is 23.3 Å². The predicted octanol–water partition coefficient (Wildman–Crippen LogP) is 0.950. The van der Waals surface area contributed by atoms with E-state index in [2.05, 4.69) is 0 Å². The van der Waals surface area contributed by atoms with E-state index in [-0.39, 0.29) is 11.5 Å². The first-order valence-electron chi connectivity index (χ1n) is 2.79. The second-order valence-corrected chi connectivity index (χ2v) is 2.00. The van der Waals surface area contributed by atoms with Gasteiger partial charge in [0.1, 0.15) is 0 Å². The molecule has 0 aromatic heterocycles. The maximum atomic E-state index is 8.88. The van der Waals surface area contributed by atoms with Gasteiger partial charge in [0.2, 0.25) is 0 Å². The fraction of sp³-hybridized carbons (Fsp3) is 0.333. The summed E-state index contributed by atoms with van der Waals surface area (Å²) in [5, 5.41) is 17.7. The SMILES string of the molecule is NC1=C(O)C(O)=CCC1. The van der Waals surface area contributed by atoms with E-state index in [1.54, 1.807) is 6.08 Å². The third kappa shape index (κ3) is 0.988. The average Bonchev–Trinajstić information content (AvgIpc) is 1.83. The molecule has 50 valence electrons. The van der Waals surface area contributed by atoms with Gasteiger partial charge >= 0.3 is 0 Å². The number of rotatable bonds is 0. The predicted molar refractivity (Wildman–Crippen MR) is 33.8 cm³/mol. The van der Waals surface area contributed by atoms with E-state index in [1.807, 2.05) is 0 Å². The van der Waals surface area contributed by atoms with E-state index in [1.165, 1.54) is 0 Å². The average molecular weight is 127 g/mol. The zero-order valence-electron chi connectivity index (χ0n) is 4.96. The van der Waals surface area contributed by atoms with Crippen LogP contribution < -0.4 is 5.73 Å². The van der Waals surface area contributed by atoms with Crippen LogP contribution in [-0.2, 0) is 0 Å². The van der Waals surface area contributed by atoms with E-state index in [0.29, 0.717) is 18.5 Å². The fourth-order valence-corrected chi connectivity index (χ4v) is 0.744. The number of hydrogen-bond donors (Lipinski definition) is 3. The fourth-order valence-electron chi connectivity index (χ4n) is 0.744. The zero-order chi connectivity index (χ0) is 6.85. The van der Waals surface area contributed by atoms with Gasteiger partial charge in [-0.15, -0.1) is 0 Å². The molecule has 0 heterocycles. The molecule has 1 rings (SSSR count). The van der Waals surface area contributed by atoms with Crippen LogP contribution in [-0.4, -0.2) is 10.2 Å². The van der Waals surface area contributed by atoms with Crippen molar-refractivity contribution < 1.29 is 10.2 Å². The maximum Gasteiger partial charge on any atom is 0.176 e. The molecule has 0 unspecified atom stereocenters. The molecule has 4 N–H and O–H groups in total. The molecule has 0 saturated carbocycles. The molecule has 0 aromatic carbocycles. The van der Waals surface area contributed by atoms with Gasteiger partial charge < -0.3 is 15.9 Å². The molecular weight excluding hydrogens is 118 g/mol. The molecule has 3 nitrogen and oxygen atoms in total. The summed E-state index contributed by atoms with van der Waals surface area (Å²) in [6.07, 6.45) is 2.89. The lowest BCUT2D eigenvalue weighted by Crippen LogP contribution is -2.07. The number of nitrogens with two attached hydrogens (primary N) is 1. The van der Waals surface area contributed by atoms with Gasteiger partial charge in [0, 0.05) is 0 Å². The summed E-state index contributed by atoms with van der Waals surface area (Å²) in [4.78, 5) is 0. The minimum atomic E-state index is -0.166. The number of aliphatic hydroxyl groups is 2. The molecule has 0 amide bonds. The van der Waals surface area contributed by atoms with Crippen molar-refractivity contribution in [2.45, 2.75) is 12.8 Å². The van der Waals surface area contributed by atoms with Gasteiger partial charge in [0.25, 0.3) is 0 Å². The summed E-state index contributed by atoms with van der Waals surface area (Å²) in [5.41, 5.74) is 5.67. The summed E-state index contributed by atoms with van der Waals surface area (Å²) >= 11 is 0. The van der Waals surface area contributed by atoms with Gasteiger partial charge in [0.15, 0.2) is 11.5 Å². The quantitative estimate of drug-likeness (QED) is 0.454. The number of hydrogen-bond acceptors (Lipinski definition) is 3. The third-order valence-electron chi connectivity index (χ3n) is 1.30. The molecule has 0 bridgehead atoms. The molecule has 0 radical (unpaired) electrons. The van der Waals surface area contributed by atoms with Crippen molar-refractivity contribution in [1.82, 2.24) is 0 Å². The molecule has 0 fully saturated rings. The highest BCUT2D eigenvalue weighted by atomic mass is 16.3. The summed E-state index contributed by atoms with van der Waals surface area (Å²) in [6, 6.07) is 0. The van der Waals surface area contributed by atoms with Gasteiger partial charge in [-0.3, -0.25) is 0 Å². The highest BCUT2D eigenvalue weighted by Gasteiger charge is 2.09. The molecule has 1 aliphatic carbocycles. The van der Waals surface area contributed by atoms with Gasteiger partial charge in [-0.1, -0.05) is 0 Å². The highest BCUT2D eigenvalue weighted by Crippen LogP contribution is 2.16. The summed E-state index contributed by atoms with van der Waals surface area (Å²) in [7, 11) is 0. The first-order chi connectivity index (χ1) is 4.22. The smallest absolute Gasteiger partial charge is 0.176 e. The Morgan fingerprint density at radius 2 is 2.11 bits per heavy atom. The van der Waals surface area contributed by atoms with Crippen molar-refractivity contribution in [3.8, 4) is 0 Å². The molecule has 0 aromatic rings. The van der Waals surface area contributed by atoms with Crippen LogP contribution in [0.1, 0.15) is 12.8 Å². The summed E-state index contributed by atoms with van der Waals surface area (Å²) in [6.45, 7) is 0. The molecule has 9 heavy (non-hydrogen) atoms. The first kappa shape index (κ1) is 6.01. The highest BCUT2D eigenvalue weighted by molar-refractivity contribution is 5.26. The number of allylic oxidation sites excluding steroid dienone is 2. The van der Waals surface area contributed by atoms with Crippen LogP contribution in [0.3, 0.4) is 0 Å². The Bertz CT molecular complexity index is 181. The Balaban J connectivity index is 2.88. The Kier molecular flexibility index (Phi) is 1.34. The Morgan fingerprint density at radius 1 is 1.44 bits per heavy atom. The first-order valence-corrected chi connectivity index (χ1v) is 2.79. The van der Waals surface area contributed by atoms with Crippen LogP contribution in [0.25, 0.3) is 0 Å². The third-order valence-corrected chi connectivity index (χ3v) is 1.30.